The zero-order chi connectivity index (χ0) is 7.71. The molecule has 0 spiro atoms. The predicted molar refractivity (Wildman–Crippen MR) is 35.9 cm³/mol. The first-order valence-electron chi connectivity index (χ1n) is 1.61. The molecule has 0 rings (SSSR count). The molecular weight excluding hydrogens is 196 g/mol. The van der Waals surface area contributed by atoms with Crippen molar-refractivity contribution < 1.29 is 28.8 Å². The van der Waals surface area contributed by atoms with Gasteiger partial charge in [-0.2, -0.15) is 16.8 Å². The van der Waals surface area contributed by atoms with E-state index in [0.29, 0.717) is 0 Å². The second-order valence-corrected chi connectivity index (χ2v) is 4.55. The molecule has 0 aliphatic heterocycles. The van der Waals surface area contributed by atoms with E-state index < -0.39 is 25.3 Å². The maximum Gasteiger partial charge on any atom is 2.00 e. The van der Waals surface area contributed by atoms with Crippen molar-refractivity contribution in [3.8, 4) is 0 Å². The van der Waals surface area contributed by atoms with E-state index in [0.717, 1.165) is 0 Å². The van der Waals surface area contributed by atoms with Crippen molar-refractivity contribution in [3.05, 3.63) is 0 Å². The third-order valence-electron chi connectivity index (χ3n) is 0.298. The third-order valence-corrected chi connectivity index (χ3v) is 2.68. The van der Waals surface area contributed by atoms with Gasteiger partial charge in [-0.15, -0.1) is 0 Å². The van der Waals surface area contributed by atoms with Crippen LogP contribution in [0.2, 0.25) is 0 Å². The Morgan fingerprint density at radius 1 is 1.00 bits per heavy atom. The summed E-state index contributed by atoms with van der Waals surface area (Å²) in [6.07, 6.45) is 0. The van der Waals surface area contributed by atoms with Crippen LogP contribution in [0.3, 0.4) is 0 Å². The van der Waals surface area contributed by atoms with Crippen LogP contribution in [-0.4, -0.2) is 54.1 Å². The molecule has 6 nitrogen and oxygen atoms in total. The van der Waals surface area contributed by atoms with Crippen molar-refractivity contribution in [1.29, 1.82) is 0 Å². The van der Waals surface area contributed by atoms with Gasteiger partial charge in [0.05, 0.1) is 0 Å². The van der Waals surface area contributed by atoms with E-state index in [9.17, 15) is 16.8 Å². The number of hydrogen-bond donors (Lipinski definition) is 2. The zero-order valence-corrected chi connectivity index (χ0v) is 7.81. The van der Waals surface area contributed by atoms with Gasteiger partial charge in [0.2, 0.25) is 5.08 Å². The molecule has 0 amide bonds. The molecule has 0 aromatic rings. The quantitative estimate of drug-likeness (QED) is 0.419. The molecule has 60 valence electrons. The fourth-order valence-corrected chi connectivity index (χ4v) is 1.69. The Labute approximate surface area is 77.2 Å². The van der Waals surface area contributed by atoms with Gasteiger partial charge in [-0.25, -0.2) is 0 Å². The van der Waals surface area contributed by atoms with Crippen molar-refractivity contribution in [2.75, 3.05) is 5.08 Å². The van der Waals surface area contributed by atoms with Crippen LogP contribution in [-0.2, 0) is 20.2 Å². The van der Waals surface area contributed by atoms with Crippen molar-refractivity contribution >= 4 is 43.3 Å². The van der Waals surface area contributed by atoms with Crippen LogP contribution in [0.5, 0.6) is 0 Å². The molecule has 0 saturated heterocycles. The maximum absolute atomic E-state index is 9.66. The topological polar surface area (TPSA) is 109 Å². The SMILES string of the molecule is O=S(=O)(O)CS(=O)(=O)O.[H-].[H-].[Mg+2]. The van der Waals surface area contributed by atoms with Crippen LogP contribution >= 0.6 is 0 Å². The van der Waals surface area contributed by atoms with Crippen LogP contribution in [0.1, 0.15) is 2.85 Å². The van der Waals surface area contributed by atoms with Crippen LogP contribution in [0.15, 0.2) is 0 Å². The van der Waals surface area contributed by atoms with Gasteiger partial charge < -0.3 is 2.85 Å². The minimum Gasteiger partial charge on any atom is -1.00 e. The summed E-state index contributed by atoms with van der Waals surface area (Å²) in [6.45, 7) is 0. The van der Waals surface area contributed by atoms with E-state index in [1.165, 1.54) is 0 Å². The second-order valence-electron chi connectivity index (χ2n) is 1.28. The largest absolute Gasteiger partial charge is 2.00 e. The monoisotopic (exact) mass is 202 g/mol. The van der Waals surface area contributed by atoms with Gasteiger partial charge in [0.1, 0.15) is 0 Å². The summed E-state index contributed by atoms with van der Waals surface area (Å²) in [4.78, 5) is 0. The molecule has 2 N–H and O–H groups in total. The first-order valence-corrected chi connectivity index (χ1v) is 4.83. The van der Waals surface area contributed by atoms with E-state index in [1.807, 2.05) is 0 Å². The van der Waals surface area contributed by atoms with Gasteiger partial charge in [-0.3, -0.25) is 9.11 Å². The van der Waals surface area contributed by atoms with E-state index in [-0.39, 0.29) is 25.9 Å². The summed E-state index contributed by atoms with van der Waals surface area (Å²) in [5.74, 6) is 0. The molecular formula is CH6MgO6S2. The second kappa shape index (κ2) is 3.83. The van der Waals surface area contributed by atoms with Gasteiger partial charge in [-0.1, -0.05) is 0 Å². The van der Waals surface area contributed by atoms with Crippen molar-refractivity contribution in [1.82, 2.24) is 0 Å². The molecule has 0 bridgehead atoms. The normalized spacial score (nSPS) is 12.2. The molecule has 0 heterocycles. The van der Waals surface area contributed by atoms with Gasteiger partial charge in [0, 0.05) is 0 Å². The van der Waals surface area contributed by atoms with Crippen molar-refractivity contribution in [2.45, 2.75) is 0 Å². The molecule has 0 aromatic carbocycles. The molecule has 10 heavy (non-hydrogen) atoms. The number of hydrogen-bond acceptors (Lipinski definition) is 4. The van der Waals surface area contributed by atoms with Crippen LogP contribution < -0.4 is 0 Å². The molecule has 0 saturated carbocycles. The molecule has 0 fully saturated rings. The Morgan fingerprint density at radius 3 is 1.20 bits per heavy atom. The average molecular weight is 202 g/mol. The molecule has 0 aromatic heterocycles. The van der Waals surface area contributed by atoms with Gasteiger partial charge in [-0.05, 0) is 0 Å². The molecule has 9 heteroatoms. The number of rotatable bonds is 2. The first-order chi connectivity index (χ1) is 3.71. The summed E-state index contributed by atoms with van der Waals surface area (Å²) in [5.41, 5.74) is 0. The maximum atomic E-state index is 9.66. The third kappa shape index (κ3) is 11.4. The van der Waals surface area contributed by atoms with E-state index in [4.69, 9.17) is 9.11 Å². The van der Waals surface area contributed by atoms with Gasteiger partial charge >= 0.3 is 23.1 Å². The van der Waals surface area contributed by atoms with E-state index in [2.05, 4.69) is 0 Å². The molecule has 0 aliphatic rings. The Morgan fingerprint density at radius 2 is 1.20 bits per heavy atom. The molecule has 0 aliphatic carbocycles. The summed E-state index contributed by atoms with van der Waals surface area (Å²) in [5, 5.41) is -1.65. The summed E-state index contributed by atoms with van der Waals surface area (Å²) < 4.78 is 54.2. The van der Waals surface area contributed by atoms with Gasteiger partial charge in [0.15, 0.2) is 0 Å². The summed E-state index contributed by atoms with van der Waals surface area (Å²) in [6, 6.07) is 0. The van der Waals surface area contributed by atoms with Gasteiger partial charge in [0.25, 0.3) is 20.2 Å². The Hall–Kier alpha value is 0.586. The van der Waals surface area contributed by atoms with E-state index in [1.54, 1.807) is 0 Å². The standard InChI is InChI=1S/CH4O6S2.Mg.2H/c2-8(3,4)1-9(5,6)7;;;/h1H2,(H,2,3,4)(H,5,6,7);;;/q;+2;2*-1. The average Bonchev–Trinajstić information content (AvgIpc) is 1.14. The fraction of sp³-hybridized carbons (Fsp3) is 1.00. The van der Waals surface area contributed by atoms with E-state index >= 15 is 0 Å². The van der Waals surface area contributed by atoms with Crippen molar-refractivity contribution in [2.24, 2.45) is 0 Å². The minimum atomic E-state index is -4.62. The smallest absolute Gasteiger partial charge is 1.00 e. The Bertz CT molecular complexity index is 249. The molecule has 0 radical (unpaired) electrons. The predicted octanol–water partition coefficient (Wildman–Crippen LogP) is -1.44. The first kappa shape index (κ1) is 13.2. The molecule has 0 atom stereocenters. The zero-order valence-electron chi connectivity index (χ0n) is 6.76. The Kier molecular flexibility index (Phi) is 5.05. The van der Waals surface area contributed by atoms with Crippen LogP contribution in [0, 0.1) is 0 Å². The molecule has 0 unspecified atom stereocenters. The summed E-state index contributed by atoms with van der Waals surface area (Å²) >= 11 is 0. The van der Waals surface area contributed by atoms with Crippen molar-refractivity contribution in [3.63, 3.8) is 0 Å². The fourth-order valence-electron chi connectivity index (χ4n) is 0.188. The van der Waals surface area contributed by atoms with Crippen LogP contribution in [0.25, 0.3) is 0 Å². The van der Waals surface area contributed by atoms with Crippen LogP contribution in [0.4, 0.5) is 0 Å². The Balaban J connectivity index is -0.000000107. The summed E-state index contributed by atoms with van der Waals surface area (Å²) in [7, 11) is -9.24. The minimum absolute atomic E-state index is 0.